The fraction of sp³-hybridized carbons (Fsp3) is 0.609. The van der Waals surface area contributed by atoms with Crippen LogP contribution >= 0.6 is 0 Å². The van der Waals surface area contributed by atoms with Gasteiger partial charge in [0.15, 0.2) is 0 Å². The summed E-state index contributed by atoms with van der Waals surface area (Å²) in [6, 6.07) is 3.72. The molecule has 3 heterocycles. The molecule has 0 saturated heterocycles. The zero-order chi connectivity index (χ0) is 23.8. The van der Waals surface area contributed by atoms with E-state index in [-0.39, 0.29) is 18.1 Å². The summed E-state index contributed by atoms with van der Waals surface area (Å²) >= 11 is 0. The Morgan fingerprint density at radius 3 is 2.79 bits per heavy atom. The Bertz CT molecular complexity index is 993. The Balaban J connectivity index is 1.50. The van der Waals surface area contributed by atoms with Crippen molar-refractivity contribution in [3.63, 3.8) is 0 Å². The van der Waals surface area contributed by atoms with Gasteiger partial charge in [-0.3, -0.25) is 14.3 Å². The topological polar surface area (TPSA) is 111 Å². The average Bonchev–Trinajstić information content (AvgIpc) is 2.91. The molecule has 0 aliphatic carbocycles. The van der Waals surface area contributed by atoms with Crippen molar-refractivity contribution in [3.05, 3.63) is 46.4 Å². The molecule has 33 heavy (non-hydrogen) atoms. The molecule has 0 unspecified atom stereocenters. The van der Waals surface area contributed by atoms with Gasteiger partial charge in [-0.05, 0) is 51.7 Å². The second-order valence-electron chi connectivity index (χ2n) is 9.29. The van der Waals surface area contributed by atoms with Crippen molar-refractivity contribution in [2.45, 2.75) is 78.1 Å². The molecule has 0 bridgehead atoms. The molecule has 1 aliphatic heterocycles. The van der Waals surface area contributed by atoms with Crippen LogP contribution in [0.3, 0.4) is 0 Å². The number of nitrogens with one attached hydrogen (secondary N) is 1. The van der Waals surface area contributed by atoms with E-state index < -0.39 is 11.7 Å². The third-order valence-corrected chi connectivity index (χ3v) is 5.25. The summed E-state index contributed by atoms with van der Waals surface area (Å²) in [6.45, 7) is 7.17. The third-order valence-electron chi connectivity index (χ3n) is 5.25. The van der Waals surface area contributed by atoms with Crippen LogP contribution in [0.4, 0.5) is 4.79 Å². The van der Waals surface area contributed by atoms with E-state index in [2.05, 4.69) is 15.4 Å². The number of hydrogen-bond acceptors (Lipinski definition) is 6. The SMILES string of the molecule is CC(C)(C)OC(=O)N(CCCNC(=O)Cn1nc2n(c1=O)CCCCC2)Cc1cccnc1. The van der Waals surface area contributed by atoms with Crippen LogP contribution in [-0.2, 0) is 35.6 Å². The molecule has 1 N–H and O–H groups in total. The number of carbonyl (C=O) groups is 2. The van der Waals surface area contributed by atoms with Crippen LogP contribution in [0.1, 0.15) is 57.8 Å². The lowest BCUT2D eigenvalue weighted by atomic mass is 10.2. The highest BCUT2D eigenvalue weighted by molar-refractivity contribution is 5.75. The lowest BCUT2D eigenvalue weighted by molar-refractivity contribution is -0.121. The van der Waals surface area contributed by atoms with Gasteiger partial charge in [0.05, 0.1) is 6.54 Å². The van der Waals surface area contributed by atoms with Crippen LogP contribution in [-0.4, -0.2) is 54.9 Å². The zero-order valence-electron chi connectivity index (χ0n) is 19.7. The van der Waals surface area contributed by atoms with Gasteiger partial charge in [-0.1, -0.05) is 12.5 Å². The Morgan fingerprint density at radius 2 is 2.06 bits per heavy atom. The first-order valence-corrected chi connectivity index (χ1v) is 11.5. The van der Waals surface area contributed by atoms with Crippen molar-refractivity contribution in [3.8, 4) is 0 Å². The van der Waals surface area contributed by atoms with E-state index in [0.29, 0.717) is 32.6 Å². The van der Waals surface area contributed by atoms with Crippen molar-refractivity contribution < 1.29 is 14.3 Å². The van der Waals surface area contributed by atoms with Crippen molar-refractivity contribution in [1.82, 2.24) is 29.5 Å². The second kappa shape index (κ2) is 11.1. The summed E-state index contributed by atoms with van der Waals surface area (Å²) in [5, 5.41) is 7.16. The molecule has 0 radical (unpaired) electrons. The summed E-state index contributed by atoms with van der Waals surface area (Å²) in [7, 11) is 0. The fourth-order valence-electron chi connectivity index (χ4n) is 3.69. The highest BCUT2D eigenvalue weighted by atomic mass is 16.6. The molecular weight excluding hydrogens is 424 g/mol. The van der Waals surface area contributed by atoms with Gasteiger partial charge in [-0.2, -0.15) is 5.10 Å². The van der Waals surface area contributed by atoms with Gasteiger partial charge in [-0.15, -0.1) is 0 Å². The Morgan fingerprint density at radius 1 is 1.24 bits per heavy atom. The van der Waals surface area contributed by atoms with Crippen LogP contribution in [0, 0.1) is 0 Å². The summed E-state index contributed by atoms with van der Waals surface area (Å²) < 4.78 is 8.44. The molecule has 10 nitrogen and oxygen atoms in total. The van der Waals surface area contributed by atoms with Gasteiger partial charge in [-0.25, -0.2) is 14.3 Å². The fourth-order valence-corrected chi connectivity index (χ4v) is 3.69. The van der Waals surface area contributed by atoms with E-state index in [1.165, 1.54) is 4.68 Å². The smallest absolute Gasteiger partial charge is 0.410 e. The van der Waals surface area contributed by atoms with E-state index in [1.807, 2.05) is 32.9 Å². The summed E-state index contributed by atoms with van der Waals surface area (Å²) in [6.07, 6.45) is 7.34. The first kappa shape index (κ1) is 24.5. The molecule has 3 rings (SSSR count). The molecule has 2 aromatic heterocycles. The molecule has 0 saturated carbocycles. The minimum atomic E-state index is -0.603. The number of amides is 2. The number of rotatable bonds is 8. The number of aryl methyl sites for hydroxylation is 1. The van der Waals surface area contributed by atoms with E-state index in [4.69, 9.17) is 4.74 Å². The quantitative estimate of drug-likeness (QED) is 0.607. The molecule has 2 amide bonds. The minimum absolute atomic E-state index is 0.107. The molecule has 180 valence electrons. The van der Waals surface area contributed by atoms with Crippen molar-refractivity contribution in [1.29, 1.82) is 0 Å². The predicted octanol–water partition coefficient (Wildman–Crippen LogP) is 2.11. The zero-order valence-corrected chi connectivity index (χ0v) is 19.7. The number of nitrogens with zero attached hydrogens (tertiary/aromatic N) is 5. The van der Waals surface area contributed by atoms with Crippen LogP contribution in [0.2, 0.25) is 0 Å². The summed E-state index contributed by atoms with van der Waals surface area (Å²) in [5.74, 6) is 0.482. The van der Waals surface area contributed by atoms with E-state index in [9.17, 15) is 14.4 Å². The summed E-state index contributed by atoms with van der Waals surface area (Å²) in [4.78, 5) is 43.2. The highest BCUT2D eigenvalue weighted by Gasteiger charge is 2.22. The van der Waals surface area contributed by atoms with Crippen molar-refractivity contribution in [2.24, 2.45) is 0 Å². The lowest BCUT2D eigenvalue weighted by Gasteiger charge is -2.27. The molecular formula is C23H34N6O4. The number of fused-ring (bicyclic) bond motifs is 1. The maximum absolute atomic E-state index is 12.6. The Labute approximate surface area is 193 Å². The number of aromatic nitrogens is 4. The van der Waals surface area contributed by atoms with Crippen molar-refractivity contribution in [2.75, 3.05) is 13.1 Å². The molecule has 2 aromatic rings. The number of pyridine rings is 1. The average molecular weight is 459 g/mol. The number of ether oxygens (including phenoxy) is 1. The summed E-state index contributed by atoms with van der Waals surface area (Å²) in [5.41, 5.74) is 0.0648. The highest BCUT2D eigenvalue weighted by Crippen LogP contribution is 2.13. The normalized spacial score (nSPS) is 13.7. The van der Waals surface area contributed by atoms with Crippen LogP contribution in [0.15, 0.2) is 29.3 Å². The van der Waals surface area contributed by atoms with Gasteiger partial charge in [0.2, 0.25) is 5.91 Å². The molecule has 10 heteroatoms. The molecule has 1 aliphatic rings. The second-order valence-corrected chi connectivity index (χ2v) is 9.29. The van der Waals surface area contributed by atoms with E-state index >= 15 is 0 Å². The first-order valence-electron chi connectivity index (χ1n) is 11.5. The van der Waals surface area contributed by atoms with Gasteiger partial charge < -0.3 is 15.0 Å². The largest absolute Gasteiger partial charge is 0.444 e. The Hall–Kier alpha value is -3.17. The Kier molecular flexibility index (Phi) is 8.24. The van der Waals surface area contributed by atoms with E-state index in [0.717, 1.165) is 37.1 Å². The lowest BCUT2D eigenvalue weighted by Crippen LogP contribution is -2.39. The van der Waals surface area contributed by atoms with Gasteiger partial charge in [0, 0.05) is 38.4 Å². The number of carbonyl (C=O) groups excluding carboxylic acids is 2. The van der Waals surface area contributed by atoms with Gasteiger partial charge in [0.1, 0.15) is 18.0 Å². The van der Waals surface area contributed by atoms with Gasteiger partial charge in [0.25, 0.3) is 0 Å². The molecule has 0 aromatic carbocycles. The third kappa shape index (κ3) is 7.44. The van der Waals surface area contributed by atoms with Crippen LogP contribution < -0.4 is 11.0 Å². The first-order chi connectivity index (χ1) is 15.7. The molecule has 0 fully saturated rings. The minimum Gasteiger partial charge on any atom is -0.444 e. The standard InChI is InChI=1S/C23H34N6O4/c1-23(2,3)33-22(32)27(16-18-9-7-11-24-15-18)13-8-12-25-20(30)17-29-21(31)28-14-6-4-5-10-19(28)26-29/h7,9,11,15H,4-6,8,10,12-14,16-17H2,1-3H3,(H,25,30). The maximum atomic E-state index is 12.6. The van der Waals surface area contributed by atoms with E-state index in [1.54, 1.807) is 21.9 Å². The van der Waals surface area contributed by atoms with Crippen LogP contribution in [0.25, 0.3) is 0 Å². The maximum Gasteiger partial charge on any atom is 0.410 e. The monoisotopic (exact) mass is 458 g/mol. The predicted molar refractivity (Wildman–Crippen MR) is 123 cm³/mol. The molecule has 0 spiro atoms. The van der Waals surface area contributed by atoms with Crippen molar-refractivity contribution >= 4 is 12.0 Å². The van der Waals surface area contributed by atoms with Crippen LogP contribution in [0.5, 0.6) is 0 Å². The number of hydrogen-bond donors (Lipinski definition) is 1. The van der Waals surface area contributed by atoms with Gasteiger partial charge >= 0.3 is 11.8 Å². The molecule has 0 atom stereocenters.